The first-order valence-corrected chi connectivity index (χ1v) is 11.3. The van der Waals surface area contributed by atoms with Gasteiger partial charge in [-0.05, 0) is 49.7 Å². The van der Waals surface area contributed by atoms with E-state index >= 15 is 0 Å². The number of ether oxygens (including phenoxy) is 1. The second-order valence-electron chi connectivity index (χ2n) is 6.06. The van der Waals surface area contributed by atoms with Gasteiger partial charge in [0.1, 0.15) is 11.1 Å². The molecule has 0 fully saturated rings. The van der Waals surface area contributed by atoms with Gasteiger partial charge in [-0.2, -0.15) is 0 Å². The van der Waals surface area contributed by atoms with E-state index in [9.17, 15) is 0 Å². The largest absolute Gasteiger partial charge is 0.344 e. The van der Waals surface area contributed by atoms with E-state index in [4.69, 9.17) is 51.1 Å². The Morgan fingerprint density at radius 1 is 0.593 bits per heavy atom. The van der Waals surface area contributed by atoms with Crippen molar-refractivity contribution in [2.75, 3.05) is 11.8 Å². The van der Waals surface area contributed by atoms with Crippen LogP contribution in [0.5, 0.6) is 0 Å². The molecule has 0 radical (unpaired) electrons. The van der Waals surface area contributed by atoms with Gasteiger partial charge in [0.05, 0.1) is 0 Å². The molecular weight excluding hydrogens is 422 g/mol. The number of halogens is 4. The molecule has 2 unspecified atom stereocenters. The molecule has 1 nitrogen and oxygen atoms in total. The van der Waals surface area contributed by atoms with E-state index in [1.807, 2.05) is 12.1 Å². The Morgan fingerprint density at radius 2 is 0.963 bits per heavy atom. The van der Waals surface area contributed by atoms with Gasteiger partial charge in [-0.25, -0.2) is 0 Å². The second-order valence-corrected chi connectivity index (χ2v) is 7.79. The van der Waals surface area contributed by atoms with Crippen LogP contribution >= 0.6 is 46.4 Å². The van der Waals surface area contributed by atoms with Crippen molar-refractivity contribution in [3.05, 3.63) is 60.7 Å². The lowest BCUT2D eigenvalue weighted by Crippen LogP contribution is -2.13. The second kappa shape index (κ2) is 16.5. The summed E-state index contributed by atoms with van der Waals surface area (Å²) >= 11 is 23.0. The summed E-state index contributed by atoms with van der Waals surface area (Å²) in [6.07, 6.45) is 5.48. The fourth-order valence-electron chi connectivity index (χ4n) is 2.36. The summed E-state index contributed by atoms with van der Waals surface area (Å²) in [4.78, 5) is 0. The Bertz CT molecular complexity index is 514. The zero-order chi connectivity index (χ0) is 19.7. The Hall–Kier alpha value is -0.440. The number of unbranched alkanes of at least 4 members (excludes halogenated alkanes) is 2. The average Bonchev–Trinajstić information content (AvgIpc) is 2.70. The van der Waals surface area contributed by atoms with Crippen LogP contribution in [0.1, 0.15) is 38.5 Å². The minimum Gasteiger partial charge on any atom is -0.344 e. The van der Waals surface area contributed by atoms with E-state index in [1.165, 1.54) is 11.1 Å². The maximum absolute atomic E-state index is 5.95. The molecule has 0 bridgehead atoms. The molecule has 2 rings (SSSR count). The predicted octanol–water partition coefficient (Wildman–Crippen LogP) is 8.30. The van der Waals surface area contributed by atoms with Crippen LogP contribution in [-0.4, -0.2) is 22.9 Å². The van der Waals surface area contributed by atoms with E-state index in [1.54, 1.807) is 0 Å². The smallest absolute Gasteiger partial charge is 0.133 e. The van der Waals surface area contributed by atoms with Gasteiger partial charge in [0.2, 0.25) is 0 Å². The van der Waals surface area contributed by atoms with Gasteiger partial charge in [-0.1, -0.05) is 83.9 Å². The lowest BCUT2D eigenvalue weighted by Gasteiger charge is -2.15. The van der Waals surface area contributed by atoms with Crippen LogP contribution in [0.2, 0.25) is 0 Å². The Labute approximate surface area is 183 Å². The molecule has 0 saturated carbocycles. The molecule has 0 aliphatic rings. The molecule has 27 heavy (non-hydrogen) atoms. The van der Waals surface area contributed by atoms with Gasteiger partial charge >= 0.3 is 0 Å². The molecule has 2 aromatic rings. The van der Waals surface area contributed by atoms with Crippen molar-refractivity contribution in [3.8, 4) is 11.1 Å². The van der Waals surface area contributed by atoms with Crippen molar-refractivity contribution in [2.24, 2.45) is 0 Å². The molecule has 0 aliphatic heterocycles. The topological polar surface area (TPSA) is 9.23 Å². The van der Waals surface area contributed by atoms with E-state index < -0.39 is 0 Å². The number of hydrogen-bond acceptors (Lipinski definition) is 1. The molecule has 0 spiro atoms. The summed E-state index contributed by atoms with van der Waals surface area (Å²) in [5, 5.41) is 0. The first-order valence-electron chi connectivity index (χ1n) is 9.33. The molecule has 5 heteroatoms. The van der Waals surface area contributed by atoms with Crippen LogP contribution in [0.15, 0.2) is 60.7 Å². The average molecular weight is 450 g/mol. The molecule has 2 aromatic carbocycles. The van der Waals surface area contributed by atoms with Gasteiger partial charge in [-0.15, -0.1) is 23.2 Å². The molecule has 0 N–H and O–H groups in total. The normalized spacial score (nSPS) is 12.7. The fourth-order valence-corrected chi connectivity index (χ4v) is 3.34. The zero-order valence-electron chi connectivity index (χ0n) is 15.5. The maximum atomic E-state index is 5.95. The standard InChI is InChI=1S/C12H10.C10H18Cl4O/c1-3-7-11(8-4-1)12-9-5-2-6-10-12;11-7-3-1-5-9(13)15-10(14)6-2-4-8-12/h1-10H;9-10H,1-8H2. The van der Waals surface area contributed by atoms with Gasteiger partial charge in [0.25, 0.3) is 0 Å². The van der Waals surface area contributed by atoms with E-state index in [2.05, 4.69) is 48.5 Å². The highest BCUT2D eigenvalue weighted by molar-refractivity contribution is 6.21. The van der Waals surface area contributed by atoms with E-state index in [-0.39, 0.29) is 11.1 Å². The van der Waals surface area contributed by atoms with Crippen molar-refractivity contribution < 1.29 is 4.74 Å². The van der Waals surface area contributed by atoms with Crippen LogP contribution < -0.4 is 0 Å². The van der Waals surface area contributed by atoms with Gasteiger partial charge in [-0.3, -0.25) is 0 Å². The zero-order valence-corrected chi connectivity index (χ0v) is 18.5. The fraction of sp³-hybridized carbons (Fsp3) is 0.455. The molecule has 0 heterocycles. The van der Waals surface area contributed by atoms with Crippen molar-refractivity contribution in [2.45, 2.75) is 49.7 Å². The van der Waals surface area contributed by atoms with Gasteiger partial charge < -0.3 is 4.74 Å². The lowest BCUT2D eigenvalue weighted by atomic mass is 10.1. The summed E-state index contributed by atoms with van der Waals surface area (Å²) < 4.78 is 5.39. The summed E-state index contributed by atoms with van der Waals surface area (Å²) in [5.41, 5.74) is 1.95. The van der Waals surface area contributed by atoms with Crippen LogP contribution in [0, 0.1) is 0 Å². The Morgan fingerprint density at radius 3 is 1.30 bits per heavy atom. The monoisotopic (exact) mass is 448 g/mol. The number of hydrogen-bond donors (Lipinski definition) is 0. The first-order chi connectivity index (χ1) is 13.2. The third-order valence-corrected chi connectivity index (χ3v) is 4.98. The highest BCUT2D eigenvalue weighted by Gasteiger charge is 2.11. The first kappa shape index (κ1) is 24.6. The molecule has 0 aromatic heterocycles. The van der Waals surface area contributed by atoms with Crippen molar-refractivity contribution in [1.29, 1.82) is 0 Å². The van der Waals surface area contributed by atoms with E-state index in [0.29, 0.717) is 11.8 Å². The molecule has 0 saturated heterocycles. The lowest BCUT2D eigenvalue weighted by molar-refractivity contribution is 0.0697. The highest BCUT2D eigenvalue weighted by Crippen LogP contribution is 2.18. The predicted molar refractivity (Wildman–Crippen MR) is 121 cm³/mol. The summed E-state index contributed by atoms with van der Waals surface area (Å²) in [5.74, 6) is 1.34. The van der Waals surface area contributed by atoms with Crippen LogP contribution in [-0.2, 0) is 4.74 Å². The Kier molecular flexibility index (Phi) is 15.0. The number of benzene rings is 2. The van der Waals surface area contributed by atoms with Crippen molar-refractivity contribution >= 4 is 46.4 Å². The van der Waals surface area contributed by atoms with Crippen LogP contribution in [0.3, 0.4) is 0 Å². The molecular formula is C22H28Cl4O. The number of alkyl halides is 4. The minimum atomic E-state index is -0.299. The summed E-state index contributed by atoms with van der Waals surface area (Å²) in [6, 6.07) is 20.8. The molecule has 2 atom stereocenters. The number of rotatable bonds is 11. The van der Waals surface area contributed by atoms with Crippen molar-refractivity contribution in [1.82, 2.24) is 0 Å². The minimum absolute atomic E-state index is 0.299. The molecule has 0 aliphatic carbocycles. The molecule has 0 amide bonds. The van der Waals surface area contributed by atoms with Gasteiger partial charge in [0.15, 0.2) is 0 Å². The van der Waals surface area contributed by atoms with E-state index in [0.717, 1.165) is 38.5 Å². The Balaban J connectivity index is 0.000000274. The third-order valence-electron chi connectivity index (χ3n) is 3.81. The van der Waals surface area contributed by atoms with Crippen LogP contribution in [0.25, 0.3) is 11.1 Å². The van der Waals surface area contributed by atoms with Crippen molar-refractivity contribution in [3.63, 3.8) is 0 Å². The summed E-state index contributed by atoms with van der Waals surface area (Å²) in [6.45, 7) is 0. The SMILES string of the molecule is ClCCCCC(Cl)OC(Cl)CCCCCl.c1ccc(-c2ccccc2)cc1. The third kappa shape index (κ3) is 12.6. The van der Waals surface area contributed by atoms with Crippen LogP contribution in [0.4, 0.5) is 0 Å². The van der Waals surface area contributed by atoms with Gasteiger partial charge in [0, 0.05) is 11.8 Å². The highest BCUT2D eigenvalue weighted by atomic mass is 35.5. The molecule has 150 valence electrons. The maximum Gasteiger partial charge on any atom is 0.133 e. The summed E-state index contributed by atoms with van der Waals surface area (Å²) in [7, 11) is 0. The quantitative estimate of drug-likeness (QED) is 0.247.